The summed E-state index contributed by atoms with van der Waals surface area (Å²) >= 11 is 0. The van der Waals surface area contributed by atoms with Crippen molar-refractivity contribution in [3.63, 3.8) is 0 Å². The van der Waals surface area contributed by atoms with Gasteiger partial charge in [-0.2, -0.15) is 0 Å². The van der Waals surface area contributed by atoms with Gasteiger partial charge in [0.25, 0.3) is 0 Å². The van der Waals surface area contributed by atoms with E-state index in [1.54, 1.807) is 41.5 Å². The highest BCUT2D eigenvalue weighted by atomic mass is 19.1. The lowest BCUT2D eigenvalue weighted by Crippen LogP contribution is -2.48. The molecule has 0 atom stereocenters. The van der Waals surface area contributed by atoms with Crippen molar-refractivity contribution in [3.8, 4) is 0 Å². The van der Waals surface area contributed by atoms with Crippen LogP contribution in [-0.2, 0) is 4.79 Å². The highest BCUT2D eigenvalue weighted by Crippen LogP contribution is 2.27. The van der Waals surface area contributed by atoms with Crippen LogP contribution in [0.3, 0.4) is 0 Å². The number of nitrogens with one attached hydrogen (secondary N) is 4. The molecule has 0 aromatic carbocycles. The molecule has 9 nitrogen and oxygen atoms in total. The standard InChI is InChI=1S/C24H27FN8O/c1-14(2)22(27-3)17-10-15(4-6-19(17)26)23-18(25)12-30-24(32-23)31-20-7-5-16(11-29-20)33-9-8-28-13-21(33)34/h4-7,10-12,14,26-28H,8-9,13H2,1-3H3,(H,29,30,31,32)/b22-17-,26-19?. The minimum Gasteiger partial charge on any atom is -0.391 e. The lowest BCUT2D eigenvalue weighted by atomic mass is 9.93. The SMILES string of the molecule is CN/C(=C1/C=C(c2nc(Nc3ccc(N4CCNCC4=O)cn3)ncc2F)C=CC1=N)C(C)C. The number of carbonyl (C=O) groups excluding carboxylic acids is 1. The van der Waals surface area contributed by atoms with Gasteiger partial charge in [0.05, 0.1) is 30.3 Å². The highest BCUT2D eigenvalue weighted by Gasteiger charge is 2.20. The van der Waals surface area contributed by atoms with Gasteiger partial charge < -0.3 is 26.3 Å². The molecule has 34 heavy (non-hydrogen) atoms. The minimum absolute atomic E-state index is 0.00511. The van der Waals surface area contributed by atoms with Gasteiger partial charge in [-0.3, -0.25) is 4.79 Å². The van der Waals surface area contributed by atoms with Crippen LogP contribution in [0.2, 0.25) is 0 Å². The first kappa shape index (κ1) is 23.2. The molecule has 0 unspecified atom stereocenters. The molecular formula is C24H27FN8O. The molecule has 10 heteroatoms. The maximum absolute atomic E-state index is 14.7. The van der Waals surface area contributed by atoms with E-state index < -0.39 is 5.82 Å². The van der Waals surface area contributed by atoms with Gasteiger partial charge in [-0.15, -0.1) is 0 Å². The number of amides is 1. The molecule has 2 aliphatic rings. The van der Waals surface area contributed by atoms with Crippen molar-refractivity contribution in [1.29, 1.82) is 5.41 Å². The Kier molecular flexibility index (Phi) is 6.78. The van der Waals surface area contributed by atoms with Crippen molar-refractivity contribution in [2.24, 2.45) is 5.92 Å². The maximum Gasteiger partial charge on any atom is 0.241 e. The topological polar surface area (TPSA) is 119 Å². The van der Waals surface area contributed by atoms with Crippen molar-refractivity contribution in [3.05, 3.63) is 65.5 Å². The van der Waals surface area contributed by atoms with E-state index in [2.05, 4.69) is 30.9 Å². The molecule has 0 spiro atoms. The molecule has 0 radical (unpaired) electrons. The number of hydrogen-bond acceptors (Lipinski definition) is 8. The summed E-state index contributed by atoms with van der Waals surface area (Å²) in [7, 11) is 1.81. The summed E-state index contributed by atoms with van der Waals surface area (Å²) in [5, 5.41) is 17.4. The molecule has 1 amide bonds. The monoisotopic (exact) mass is 462 g/mol. The van der Waals surface area contributed by atoms with E-state index in [0.29, 0.717) is 41.5 Å². The van der Waals surface area contributed by atoms with Crippen molar-refractivity contribution < 1.29 is 9.18 Å². The highest BCUT2D eigenvalue weighted by molar-refractivity contribution is 6.13. The van der Waals surface area contributed by atoms with E-state index >= 15 is 0 Å². The number of nitrogens with zero attached hydrogens (tertiary/aromatic N) is 4. The van der Waals surface area contributed by atoms with Gasteiger partial charge in [-0.25, -0.2) is 19.3 Å². The third-order valence-corrected chi connectivity index (χ3v) is 5.56. The average Bonchev–Trinajstić information content (AvgIpc) is 2.83. The molecule has 4 rings (SSSR count). The summed E-state index contributed by atoms with van der Waals surface area (Å²) in [6.07, 6.45) is 7.79. The molecule has 0 saturated carbocycles. The smallest absolute Gasteiger partial charge is 0.241 e. The molecule has 0 bridgehead atoms. The molecule has 1 saturated heterocycles. The van der Waals surface area contributed by atoms with Gasteiger partial charge in [-0.1, -0.05) is 19.9 Å². The lowest BCUT2D eigenvalue weighted by Gasteiger charge is -2.27. The maximum atomic E-state index is 14.7. The largest absolute Gasteiger partial charge is 0.391 e. The van der Waals surface area contributed by atoms with Crippen LogP contribution < -0.4 is 20.9 Å². The van der Waals surface area contributed by atoms with E-state index in [4.69, 9.17) is 5.41 Å². The fraction of sp³-hybridized carbons (Fsp3) is 0.292. The summed E-state index contributed by atoms with van der Waals surface area (Å²) in [4.78, 5) is 26.5. The number of carbonyl (C=O) groups is 1. The summed E-state index contributed by atoms with van der Waals surface area (Å²) in [6, 6.07) is 3.52. The number of anilines is 3. The van der Waals surface area contributed by atoms with E-state index in [0.717, 1.165) is 18.4 Å². The number of pyridine rings is 1. The van der Waals surface area contributed by atoms with Gasteiger partial charge >= 0.3 is 0 Å². The number of rotatable bonds is 6. The number of halogens is 1. The van der Waals surface area contributed by atoms with E-state index in [1.165, 1.54) is 0 Å². The summed E-state index contributed by atoms with van der Waals surface area (Å²) in [6.45, 7) is 5.68. The Hall–Kier alpha value is -3.92. The lowest BCUT2D eigenvalue weighted by molar-refractivity contribution is -0.118. The second-order valence-electron chi connectivity index (χ2n) is 8.22. The number of aromatic nitrogens is 3. The summed E-state index contributed by atoms with van der Waals surface area (Å²) < 4.78 is 14.7. The Labute approximate surface area is 197 Å². The number of allylic oxidation sites excluding steroid dienone is 6. The van der Waals surface area contributed by atoms with Gasteiger partial charge in [0.2, 0.25) is 11.9 Å². The fourth-order valence-electron chi connectivity index (χ4n) is 3.89. The van der Waals surface area contributed by atoms with Crippen LogP contribution >= 0.6 is 0 Å². The van der Waals surface area contributed by atoms with Crippen LogP contribution in [0.5, 0.6) is 0 Å². The van der Waals surface area contributed by atoms with Crippen molar-refractivity contribution >= 4 is 34.6 Å². The molecule has 1 aliphatic carbocycles. The first-order chi connectivity index (χ1) is 16.4. The van der Waals surface area contributed by atoms with Crippen molar-refractivity contribution in [2.75, 3.05) is 36.9 Å². The van der Waals surface area contributed by atoms with Gasteiger partial charge in [-0.05, 0) is 30.2 Å². The first-order valence-electron chi connectivity index (χ1n) is 11.0. The third kappa shape index (κ3) is 4.86. The molecule has 2 aromatic heterocycles. The van der Waals surface area contributed by atoms with Crippen LogP contribution in [0.1, 0.15) is 19.5 Å². The third-order valence-electron chi connectivity index (χ3n) is 5.56. The van der Waals surface area contributed by atoms with E-state index in [9.17, 15) is 9.18 Å². The number of piperazine rings is 1. The predicted octanol–water partition coefficient (Wildman–Crippen LogP) is 2.79. The predicted molar refractivity (Wildman–Crippen MR) is 130 cm³/mol. The van der Waals surface area contributed by atoms with Crippen molar-refractivity contribution in [2.45, 2.75) is 13.8 Å². The minimum atomic E-state index is -0.565. The number of hydrogen-bond donors (Lipinski definition) is 4. The van der Waals surface area contributed by atoms with E-state index in [-0.39, 0.29) is 23.5 Å². The Balaban J connectivity index is 1.59. The van der Waals surface area contributed by atoms with Crippen LogP contribution in [0.25, 0.3) is 5.57 Å². The van der Waals surface area contributed by atoms with Gasteiger partial charge in [0.1, 0.15) is 11.5 Å². The average molecular weight is 463 g/mol. The first-order valence-corrected chi connectivity index (χ1v) is 11.0. The second-order valence-corrected chi connectivity index (χ2v) is 8.22. The molecule has 2 aromatic rings. The van der Waals surface area contributed by atoms with Crippen LogP contribution in [-0.4, -0.2) is 53.3 Å². The normalized spacial score (nSPS) is 17.7. The molecular weight excluding hydrogens is 435 g/mol. The zero-order valence-corrected chi connectivity index (χ0v) is 19.3. The zero-order valence-electron chi connectivity index (χ0n) is 19.3. The zero-order chi connectivity index (χ0) is 24.2. The summed E-state index contributed by atoms with van der Waals surface area (Å²) in [5.74, 6) is 0.256. The Morgan fingerprint density at radius 2 is 2.06 bits per heavy atom. The molecule has 1 aliphatic heterocycles. The van der Waals surface area contributed by atoms with Crippen LogP contribution in [0, 0.1) is 17.1 Å². The fourth-order valence-corrected chi connectivity index (χ4v) is 3.89. The summed E-state index contributed by atoms with van der Waals surface area (Å²) in [5.41, 5.74) is 3.32. The molecule has 176 valence electrons. The van der Waals surface area contributed by atoms with E-state index in [1.807, 2.05) is 20.9 Å². The molecule has 3 heterocycles. The van der Waals surface area contributed by atoms with Crippen LogP contribution in [0.15, 0.2) is 54.0 Å². The van der Waals surface area contributed by atoms with Crippen LogP contribution in [0.4, 0.5) is 21.8 Å². The Morgan fingerprint density at radius 3 is 2.74 bits per heavy atom. The molecule has 1 fully saturated rings. The molecule has 4 N–H and O–H groups in total. The second kappa shape index (κ2) is 9.92. The van der Waals surface area contributed by atoms with Gasteiger partial charge in [0, 0.05) is 37.0 Å². The Bertz CT molecular complexity index is 1200. The van der Waals surface area contributed by atoms with Crippen molar-refractivity contribution in [1.82, 2.24) is 25.6 Å². The quantitative estimate of drug-likeness (QED) is 0.521. The van der Waals surface area contributed by atoms with Gasteiger partial charge in [0.15, 0.2) is 5.82 Å². The Morgan fingerprint density at radius 1 is 1.24 bits per heavy atom.